The maximum Gasteiger partial charge on any atom is 0.348 e. The van der Waals surface area contributed by atoms with Crippen molar-refractivity contribution in [1.29, 1.82) is 0 Å². The van der Waals surface area contributed by atoms with E-state index in [4.69, 9.17) is 4.74 Å². The molecule has 1 aliphatic rings. The van der Waals surface area contributed by atoms with Gasteiger partial charge in [-0.05, 0) is 43.7 Å². The van der Waals surface area contributed by atoms with E-state index in [1.54, 1.807) is 11.3 Å². The molecule has 1 aliphatic carbocycles. The molecule has 0 aromatic carbocycles. The van der Waals surface area contributed by atoms with Crippen LogP contribution in [0.5, 0.6) is 0 Å². The number of ether oxygens (including phenoxy) is 1. The SMILES string of the molecule is CCCOC(=O)c1cc2c(s1)CCCCC2. The van der Waals surface area contributed by atoms with Crippen molar-refractivity contribution < 1.29 is 9.53 Å². The van der Waals surface area contributed by atoms with Crippen molar-refractivity contribution in [3.63, 3.8) is 0 Å². The molecule has 0 bridgehead atoms. The number of esters is 1. The van der Waals surface area contributed by atoms with Crippen molar-refractivity contribution in [1.82, 2.24) is 0 Å². The molecule has 0 N–H and O–H groups in total. The van der Waals surface area contributed by atoms with Gasteiger partial charge >= 0.3 is 5.97 Å². The normalized spacial score (nSPS) is 15.3. The first-order valence-corrected chi connectivity index (χ1v) is 6.91. The molecule has 1 aromatic rings. The van der Waals surface area contributed by atoms with E-state index in [9.17, 15) is 4.79 Å². The smallest absolute Gasteiger partial charge is 0.348 e. The minimum atomic E-state index is -0.139. The van der Waals surface area contributed by atoms with Gasteiger partial charge in [-0.15, -0.1) is 11.3 Å². The average Bonchev–Trinajstić information content (AvgIpc) is 2.58. The summed E-state index contributed by atoms with van der Waals surface area (Å²) in [5, 5.41) is 0. The van der Waals surface area contributed by atoms with E-state index in [1.165, 1.54) is 29.7 Å². The summed E-state index contributed by atoms with van der Waals surface area (Å²) < 4.78 is 5.16. The summed E-state index contributed by atoms with van der Waals surface area (Å²) in [6.07, 6.45) is 6.99. The third-order valence-electron chi connectivity index (χ3n) is 2.89. The van der Waals surface area contributed by atoms with Gasteiger partial charge in [0.2, 0.25) is 0 Å². The van der Waals surface area contributed by atoms with Crippen LogP contribution in [0.25, 0.3) is 0 Å². The van der Waals surface area contributed by atoms with E-state index in [0.717, 1.165) is 24.1 Å². The van der Waals surface area contributed by atoms with Gasteiger partial charge in [0.25, 0.3) is 0 Å². The highest BCUT2D eigenvalue weighted by atomic mass is 32.1. The van der Waals surface area contributed by atoms with Crippen molar-refractivity contribution in [3.05, 3.63) is 21.4 Å². The summed E-state index contributed by atoms with van der Waals surface area (Å²) in [6.45, 7) is 2.54. The van der Waals surface area contributed by atoms with Gasteiger partial charge in [-0.3, -0.25) is 0 Å². The monoisotopic (exact) mass is 238 g/mol. The lowest BCUT2D eigenvalue weighted by atomic mass is 10.1. The second-order valence-corrected chi connectivity index (χ2v) is 5.39. The minimum absolute atomic E-state index is 0.139. The number of carbonyl (C=O) groups excluding carboxylic acids is 1. The van der Waals surface area contributed by atoms with Gasteiger partial charge in [0, 0.05) is 4.88 Å². The van der Waals surface area contributed by atoms with Crippen LogP contribution in [0.1, 0.15) is 52.7 Å². The van der Waals surface area contributed by atoms with E-state index >= 15 is 0 Å². The molecule has 0 spiro atoms. The molecule has 0 radical (unpaired) electrons. The zero-order valence-electron chi connectivity index (χ0n) is 9.75. The average molecular weight is 238 g/mol. The molecular formula is C13H18O2S. The van der Waals surface area contributed by atoms with E-state index in [0.29, 0.717) is 6.61 Å². The lowest BCUT2D eigenvalue weighted by Gasteiger charge is -1.99. The molecule has 0 saturated carbocycles. The number of hydrogen-bond donors (Lipinski definition) is 0. The number of thiophene rings is 1. The van der Waals surface area contributed by atoms with Crippen molar-refractivity contribution >= 4 is 17.3 Å². The van der Waals surface area contributed by atoms with Crippen molar-refractivity contribution in [2.75, 3.05) is 6.61 Å². The Morgan fingerprint density at radius 1 is 1.38 bits per heavy atom. The summed E-state index contributed by atoms with van der Waals surface area (Å²) in [5.74, 6) is -0.139. The number of rotatable bonds is 3. The first-order chi connectivity index (χ1) is 7.81. The summed E-state index contributed by atoms with van der Waals surface area (Å²) in [6, 6.07) is 2.04. The second-order valence-electron chi connectivity index (χ2n) is 4.26. The van der Waals surface area contributed by atoms with Crippen LogP contribution in [-0.2, 0) is 17.6 Å². The van der Waals surface area contributed by atoms with Crippen LogP contribution in [0.4, 0.5) is 0 Å². The fourth-order valence-corrected chi connectivity index (χ4v) is 3.18. The zero-order valence-corrected chi connectivity index (χ0v) is 10.6. The Morgan fingerprint density at radius 2 is 2.19 bits per heavy atom. The Labute approximate surface area is 101 Å². The Morgan fingerprint density at radius 3 is 3.00 bits per heavy atom. The van der Waals surface area contributed by atoms with Gasteiger partial charge in [0.15, 0.2) is 0 Å². The maximum atomic E-state index is 11.7. The van der Waals surface area contributed by atoms with Crippen molar-refractivity contribution in [2.24, 2.45) is 0 Å². The highest BCUT2D eigenvalue weighted by molar-refractivity contribution is 7.14. The third-order valence-corrected chi connectivity index (χ3v) is 4.10. The molecule has 0 atom stereocenters. The van der Waals surface area contributed by atoms with E-state index in [-0.39, 0.29) is 5.97 Å². The maximum absolute atomic E-state index is 11.7. The summed E-state index contributed by atoms with van der Waals surface area (Å²) in [4.78, 5) is 13.9. The molecular weight excluding hydrogens is 220 g/mol. The van der Waals surface area contributed by atoms with E-state index < -0.39 is 0 Å². The predicted octanol–water partition coefficient (Wildman–Crippen LogP) is 3.58. The van der Waals surface area contributed by atoms with Gasteiger partial charge in [0.05, 0.1) is 6.61 Å². The van der Waals surface area contributed by atoms with Crippen LogP contribution >= 0.6 is 11.3 Å². The van der Waals surface area contributed by atoms with Crippen LogP contribution in [0, 0.1) is 0 Å². The topological polar surface area (TPSA) is 26.3 Å². The Balaban J connectivity index is 2.08. The molecule has 0 saturated heterocycles. The zero-order chi connectivity index (χ0) is 11.4. The first-order valence-electron chi connectivity index (χ1n) is 6.10. The van der Waals surface area contributed by atoms with Crippen molar-refractivity contribution in [2.45, 2.75) is 45.4 Å². The molecule has 0 fully saturated rings. The largest absolute Gasteiger partial charge is 0.462 e. The van der Waals surface area contributed by atoms with Crippen LogP contribution < -0.4 is 0 Å². The van der Waals surface area contributed by atoms with Crippen LogP contribution in [0.2, 0.25) is 0 Å². The number of hydrogen-bond acceptors (Lipinski definition) is 3. The highest BCUT2D eigenvalue weighted by Gasteiger charge is 2.16. The van der Waals surface area contributed by atoms with Gasteiger partial charge in [-0.2, -0.15) is 0 Å². The van der Waals surface area contributed by atoms with Gasteiger partial charge in [0.1, 0.15) is 4.88 Å². The molecule has 16 heavy (non-hydrogen) atoms. The quantitative estimate of drug-likeness (QED) is 0.594. The van der Waals surface area contributed by atoms with Gasteiger partial charge in [-0.25, -0.2) is 4.79 Å². The molecule has 1 heterocycles. The third kappa shape index (κ3) is 2.64. The molecule has 3 heteroatoms. The summed E-state index contributed by atoms with van der Waals surface area (Å²) >= 11 is 1.63. The Bertz CT molecular complexity index is 345. The lowest BCUT2D eigenvalue weighted by molar-refractivity contribution is 0.0511. The fourth-order valence-electron chi connectivity index (χ4n) is 2.03. The molecule has 0 aliphatic heterocycles. The van der Waals surface area contributed by atoms with E-state index in [1.807, 2.05) is 13.0 Å². The fraction of sp³-hybridized carbons (Fsp3) is 0.615. The van der Waals surface area contributed by atoms with Crippen molar-refractivity contribution in [3.8, 4) is 0 Å². The molecule has 2 nitrogen and oxygen atoms in total. The number of aryl methyl sites for hydroxylation is 2. The first kappa shape index (κ1) is 11.6. The Kier molecular flexibility index (Phi) is 3.99. The second kappa shape index (κ2) is 5.48. The summed E-state index contributed by atoms with van der Waals surface area (Å²) in [5.41, 5.74) is 1.38. The Hall–Kier alpha value is -0.830. The predicted molar refractivity (Wildman–Crippen MR) is 66.2 cm³/mol. The van der Waals surface area contributed by atoms with Crippen LogP contribution in [0.3, 0.4) is 0 Å². The lowest BCUT2D eigenvalue weighted by Crippen LogP contribution is -2.03. The standard InChI is InChI=1S/C13H18O2S/c1-2-8-15-13(14)12-9-10-6-4-3-5-7-11(10)16-12/h9H,2-8H2,1H3. The van der Waals surface area contributed by atoms with Crippen LogP contribution in [0.15, 0.2) is 6.07 Å². The number of fused-ring (bicyclic) bond motifs is 1. The van der Waals surface area contributed by atoms with Crippen LogP contribution in [-0.4, -0.2) is 12.6 Å². The molecule has 88 valence electrons. The molecule has 0 amide bonds. The summed E-state index contributed by atoms with van der Waals surface area (Å²) in [7, 11) is 0. The number of carbonyl (C=O) groups is 1. The highest BCUT2D eigenvalue weighted by Crippen LogP contribution is 2.29. The van der Waals surface area contributed by atoms with Gasteiger partial charge < -0.3 is 4.74 Å². The molecule has 1 aromatic heterocycles. The molecule has 0 unspecified atom stereocenters. The van der Waals surface area contributed by atoms with E-state index in [2.05, 4.69) is 0 Å². The minimum Gasteiger partial charge on any atom is -0.462 e. The molecule has 2 rings (SSSR count). The van der Waals surface area contributed by atoms with Gasteiger partial charge in [-0.1, -0.05) is 13.3 Å².